The number of nitrogens with one attached hydrogen (secondary N) is 1. The molecule has 2 bridgehead atoms. The molecule has 0 unspecified atom stereocenters. The lowest BCUT2D eigenvalue weighted by molar-refractivity contribution is 0.0193. The van der Waals surface area contributed by atoms with Gasteiger partial charge in [0, 0.05) is 41.3 Å². The van der Waals surface area contributed by atoms with Crippen LogP contribution in [0.2, 0.25) is 0 Å². The van der Waals surface area contributed by atoms with Crippen LogP contribution in [-0.4, -0.2) is 15.8 Å². The van der Waals surface area contributed by atoms with Gasteiger partial charge in [0.1, 0.15) is 0 Å². The Hall–Kier alpha value is -2.75. The number of hydrogen-bond donors (Lipinski definition) is 1. The maximum Gasteiger partial charge on any atom is 0.168 e. The zero-order chi connectivity index (χ0) is 18.8. The molecule has 4 heteroatoms. The van der Waals surface area contributed by atoms with Gasteiger partial charge < -0.3 is 4.98 Å². The van der Waals surface area contributed by atoms with Crippen molar-refractivity contribution in [2.45, 2.75) is 32.6 Å². The molecule has 27 heavy (non-hydrogen) atoms. The van der Waals surface area contributed by atoms with E-state index in [4.69, 9.17) is 0 Å². The monoisotopic (exact) mass is 360 g/mol. The molecule has 3 aliphatic rings. The second-order valence-corrected chi connectivity index (χ2v) is 8.31. The highest BCUT2D eigenvalue weighted by molar-refractivity contribution is 6.05. The van der Waals surface area contributed by atoms with Crippen LogP contribution in [0, 0.1) is 17.2 Å². The van der Waals surface area contributed by atoms with Crippen molar-refractivity contribution >= 4 is 5.78 Å². The van der Waals surface area contributed by atoms with E-state index in [9.17, 15) is 9.18 Å². The molecule has 1 aromatic carbocycles. The fourth-order valence-electron chi connectivity index (χ4n) is 4.92. The molecule has 2 aromatic heterocycles. The summed E-state index contributed by atoms with van der Waals surface area (Å²) in [5, 5.41) is 0. The average molecular weight is 360 g/mol. The molecule has 3 aromatic rings. The SMILES string of the molecule is CC1(C)[C@@H]2C[C@H]1C(=O)c1c2[nH]c(-c2ccncc2F)c1Cc1ccccc1. The number of aromatic amines is 1. The molecule has 0 saturated heterocycles. The standard InChI is InChI=1S/C23H21FN2O/c1-23(2)16-11-17(23)22(27)19-15(10-13-6-4-3-5-7-13)20(26-21(16)19)14-8-9-25-12-18(14)24/h3-9,12,16-17,26H,10-11H2,1-2H3/t16-,17+/m1/s1. The van der Waals surface area contributed by atoms with Crippen molar-refractivity contribution in [1.29, 1.82) is 0 Å². The van der Waals surface area contributed by atoms with Crippen LogP contribution in [0.3, 0.4) is 0 Å². The summed E-state index contributed by atoms with van der Waals surface area (Å²) in [5.41, 5.74) is 4.98. The third kappa shape index (κ3) is 2.25. The molecule has 1 fully saturated rings. The number of aromatic nitrogens is 2. The van der Waals surface area contributed by atoms with Gasteiger partial charge in [-0.1, -0.05) is 44.2 Å². The van der Waals surface area contributed by atoms with E-state index in [0.29, 0.717) is 17.9 Å². The summed E-state index contributed by atoms with van der Waals surface area (Å²) in [6.07, 6.45) is 4.32. The number of rotatable bonds is 3. The zero-order valence-corrected chi connectivity index (χ0v) is 15.4. The summed E-state index contributed by atoms with van der Waals surface area (Å²) in [5.74, 6) is 0.226. The Labute approximate surface area is 157 Å². The minimum atomic E-state index is -0.371. The van der Waals surface area contributed by atoms with Crippen LogP contribution >= 0.6 is 0 Å². The zero-order valence-electron chi connectivity index (χ0n) is 15.4. The quantitative estimate of drug-likeness (QED) is 0.703. The maximum atomic E-state index is 14.5. The van der Waals surface area contributed by atoms with E-state index in [1.807, 2.05) is 30.3 Å². The number of ketones is 1. The first-order valence-corrected chi connectivity index (χ1v) is 9.41. The lowest BCUT2D eigenvalue weighted by atomic mass is 9.48. The average Bonchev–Trinajstić information content (AvgIpc) is 3.02. The summed E-state index contributed by atoms with van der Waals surface area (Å²) in [4.78, 5) is 20.6. The first-order valence-electron chi connectivity index (χ1n) is 9.41. The van der Waals surface area contributed by atoms with E-state index in [2.05, 4.69) is 23.8 Å². The largest absolute Gasteiger partial charge is 0.357 e. The first-order chi connectivity index (χ1) is 13.0. The Morgan fingerprint density at radius 3 is 2.67 bits per heavy atom. The third-order valence-corrected chi connectivity index (χ3v) is 6.58. The van der Waals surface area contributed by atoms with Crippen LogP contribution in [-0.2, 0) is 6.42 Å². The van der Waals surface area contributed by atoms with Gasteiger partial charge in [0.05, 0.1) is 11.9 Å². The van der Waals surface area contributed by atoms with E-state index in [1.54, 1.807) is 12.3 Å². The summed E-state index contributed by atoms with van der Waals surface area (Å²) >= 11 is 0. The fourth-order valence-corrected chi connectivity index (χ4v) is 4.92. The minimum absolute atomic E-state index is 0.0347. The van der Waals surface area contributed by atoms with Crippen molar-refractivity contribution in [3.05, 3.63) is 77.0 Å². The summed E-state index contributed by atoms with van der Waals surface area (Å²) in [6.45, 7) is 4.33. The van der Waals surface area contributed by atoms with E-state index in [-0.39, 0.29) is 22.9 Å². The van der Waals surface area contributed by atoms with E-state index < -0.39 is 0 Å². The smallest absolute Gasteiger partial charge is 0.168 e. The van der Waals surface area contributed by atoms with E-state index in [0.717, 1.165) is 34.5 Å². The Bertz CT molecular complexity index is 1050. The first kappa shape index (κ1) is 16.4. The molecule has 3 nitrogen and oxygen atoms in total. The fraction of sp³-hybridized carbons (Fsp3) is 0.304. The van der Waals surface area contributed by atoms with Gasteiger partial charge in [-0.05, 0) is 29.0 Å². The minimum Gasteiger partial charge on any atom is -0.357 e. The highest BCUT2D eigenvalue weighted by Crippen LogP contribution is 2.62. The van der Waals surface area contributed by atoms with Crippen LogP contribution < -0.4 is 0 Å². The number of carbonyl (C=O) groups excluding carboxylic acids is 1. The van der Waals surface area contributed by atoms with Crippen molar-refractivity contribution in [1.82, 2.24) is 9.97 Å². The number of halogens is 1. The predicted molar refractivity (Wildman–Crippen MR) is 102 cm³/mol. The molecule has 0 spiro atoms. The normalized spacial score (nSPS) is 22.3. The van der Waals surface area contributed by atoms with E-state index in [1.165, 1.54) is 6.20 Å². The molecule has 6 rings (SSSR count). The Kier molecular flexibility index (Phi) is 3.42. The van der Waals surface area contributed by atoms with Gasteiger partial charge in [0.25, 0.3) is 0 Å². The molecule has 0 radical (unpaired) electrons. The topological polar surface area (TPSA) is 45.8 Å². The lowest BCUT2D eigenvalue weighted by Gasteiger charge is -2.54. The highest BCUT2D eigenvalue weighted by atomic mass is 19.1. The second kappa shape index (κ2) is 5.62. The van der Waals surface area contributed by atoms with Crippen molar-refractivity contribution < 1.29 is 9.18 Å². The van der Waals surface area contributed by atoms with Gasteiger partial charge in [-0.3, -0.25) is 9.78 Å². The summed E-state index contributed by atoms with van der Waals surface area (Å²) in [7, 11) is 0. The predicted octanol–water partition coefficient (Wildman–Crippen LogP) is 5.13. The van der Waals surface area contributed by atoms with E-state index >= 15 is 0 Å². The number of carbonyl (C=O) groups is 1. The molecular formula is C23H21FN2O. The molecule has 2 atom stereocenters. The molecule has 1 N–H and O–H groups in total. The number of nitrogens with zero attached hydrogens (tertiary/aromatic N) is 1. The van der Waals surface area contributed by atoms with Gasteiger partial charge in [0.2, 0.25) is 0 Å². The summed E-state index contributed by atoms with van der Waals surface area (Å²) < 4.78 is 14.5. The second-order valence-electron chi connectivity index (χ2n) is 8.31. The van der Waals surface area contributed by atoms with Crippen molar-refractivity contribution in [3.8, 4) is 11.3 Å². The van der Waals surface area contributed by atoms with Crippen molar-refractivity contribution in [3.63, 3.8) is 0 Å². The molecule has 3 aliphatic carbocycles. The van der Waals surface area contributed by atoms with Gasteiger partial charge >= 0.3 is 0 Å². The van der Waals surface area contributed by atoms with Gasteiger partial charge in [-0.25, -0.2) is 4.39 Å². The number of benzene rings is 1. The van der Waals surface area contributed by atoms with Crippen LogP contribution in [0.25, 0.3) is 11.3 Å². The number of Topliss-reactive ketones (excluding diaryl/α,β-unsaturated/α-hetero) is 1. The molecule has 1 saturated carbocycles. The Morgan fingerprint density at radius 1 is 1.19 bits per heavy atom. The van der Waals surface area contributed by atoms with Crippen LogP contribution in [0.15, 0.2) is 48.8 Å². The molecule has 136 valence electrons. The van der Waals surface area contributed by atoms with Crippen LogP contribution in [0.5, 0.6) is 0 Å². The van der Waals surface area contributed by atoms with Gasteiger partial charge in [-0.2, -0.15) is 0 Å². The Morgan fingerprint density at radius 2 is 1.96 bits per heavy atom. The van der Waals surface area contributed by atoms with Crippen molar-refractivity contribution in [2.75, 3.05) is 0 Å². The number of pyridine rings is 1. The number of H-pyrrole nitrogens is 1. The molecular weight excluding hydrogens is 339 g/mol. The molecule has 0 aliphatic heterocycles. The summed E-state index contributed by atoms with van der Waals surface area (Å²) in [6, 6.07) is 11.7. The third-order valence-electron chi connectivity index (χ3n) is 6.58. The Balaban J connectivity index is 1.73. The van der Waals surface area contributed by atoms with Gasteiger partial charge in [-0.15, -0.1) is 0 Å². The van der Waals surface area contributed by atoms with Crippen LogP contribution in [0.1, 0.15) is 53.4 Å². The van der Waals surface area contributed by atoms with Gasteiger partial charge in [0.15, 0.2) is 11.6 Å². The maximum absolute atomic E-state index is 14.5. The molecule has 0 amide bonds. The number of hydrogen-bond acceptors (Lipinski definition) is 2. The lowest BCUT2D eigenvalue weighted by Crippen LogP contribution is -2.51. The van der Waals surface area contributed by atoms with Crippen molar-refractivity contribution in [2.24, 2.45) is 11.3 Å². The van der Waals surface area contributed by atoms with Crippen LogP contribution in [0.4, 0.5) is 4.39 Å². The molecule has 2 heterocycles. The highest BCUT2D eigenvalue weighted by Gasteiger charge is 2.58.